The molecule has 0 aliphatic carbocycles. The summed E-state index contributed by atoms with van der Waals surface area (Å²) >= 11 is 0. The third kappa shape index (κ3) is 4.47. The molecule has 1 fully saturated rings. The van der Waals surface area contributed by atoms with Gasteiger partial charge in [0, 0.05) is 6.04 Å². The molecular formula is C18H21ClN2O2. The maximum Gasteiger partial charge on any atom is 0.234 e. The van der Waals surface area contributed by atoms with Crippen molar-refractivity contribution in [3.63, 3.8) is 0 Å². The molecule has 0 saturated carbocycles. The van der Waals surface area contributed by atoms with E-state index in [2.05, 4.69) is 5.32 Å². The molecule has 1 aliphatic rings. The molecule has 0 bridgehead atoms. The molecule has 5 heteroatoms. The van der Waals surface area contributed by atoms with Crippen LogP contribution in [-0.4, -0.2) is 11.9 Å². The molecule has 1 saturated heterocycles. The van der Waals surface area contributed by atoms with E-state index in [1.807, 2.05) is 54.6 Å². The van der Waals surface area contributed by atoms with Crippen LogP contribution >= 0.6 is 12.4 Å². The first-order valence-corrected chi connectivity index (χ1v) is 7.54. The zero-order chi connectivity index (χ0) is 15.4. The second-order valence-corrected chi connectivity index (χ2v) is 5.59. The monoisotopic (exact) mass is 332 g/mol. The molecule has 0 spiro atoms. The van der Waals surface area contributed by atoms with Crippen LogP contribution in [0.4, 0.5) is 0 Å². The van der Waals surface area contributed by atoms with E-state index in [9.17, 15) is 4.79 Å². The number of hydrogen-bond acceptors (Lipinski definition) is 3. The van der Waals surface area contributed by atoms with E-state index in [-0.39, 0.29) is 30.4 Å². The van der Waals surface area contributed by atoms with Gasteiger partial charge in [0.1, 0.15) is 12.4 Å². The number of carbonyl (C=O) groups excluding carboxylic acids is 1. The number of ether oxygens (including phenoxy) is 1. The Morgan fingerprint density at radius 1 is 1.09 bits per heavy atom. The molecule has 0 radical (unpaired) electrons. The maximum absolute atomic E-state index is 11.2. The molecule has 2 aromatic carbocycles. The van der Waals surface area contributed by atoms with Crippen molar-refractivity contribution in [3.05, 3.63) is 65.7 Å². The summed E-state index contributed by atoms with van der Waals surface area (Å²) in [6, 6.07) is 18.1. The molecule has 2 aromatic rings. The summed E-state index contributed by atoms with van der Waals surface area (Å²) in [6.45, 7) is 0.561. The lowest BCUT2D eigenvalue weighted by atomic mass is 10.1. The minimum absolute atomic E-state index is 0. The Kier molecular flexibility index (Phi) is 6.02. The second-order valence-electron chi connectivity index (χ2n) is 5.59. The molecule has 122 valence electrons. The Morgan fingerprint density at radius 3 is 2.39 bits per heavy atom. The van der Waals surface area contributed by atoms with Crippen molar-refractivity contribution in [1.82, 2.24) is 5.32 Å². The molecular weight excluding hydrogens is 312 g/mol. The van der Waals surface area contributed by atoms with Gasteiger partial charge in [0.2, 0.25) is 5.91 Å². The van der Waals surface area contributed by atoms with Crippen LogP contribution in [0.3, 0.4) is 0 Å². The standard InChI is InChI=1S/C18H20N2O2.ClH/c19-18(21)17-11-10-16(20-17)14-6-8-15(9-7-14)22-12-13-4-2-1-3-5-13;/h1-9,16-17,20H,10-12H2,(H2,19,21);1H/t16-,17+;/m1./s1. The molecule has 3 rings (SSSR count). The smallest absolute Gasteiger partial charge is 0.234 e. The number of nitrogens with two attached hydrogens (primary N) is 1. The van der Waals surface area contributed by atoms with Gasteiger partial charge in [-0.1, -0.05) is 42.5 Å². The van der Waals surface area contributed by atoms with Crippen molar-refractivity contribution in [2.24, 2.45) is 5.73 Å². The van der Waals surface area contributed by atoms with Crippen molar-refractivity contribution in [3.8, 4) is 5.75 Å². The van der Waals surface area contributed by atoms with E-state index in [4.69, 9.17) is 10.5 Å². The lowest BCUT2D eigenvalue weighted by molar-refractivity contribution is -0.119. The Balaban J connectivity index is 0.00000192. The predicted octanol–water partition coefficient (Wildman–Crippen LogP) is 2.97. The highest BCUT2D eigenvalue weighted by Gasteiger charge is 2.28. The summed E-state index contributed by atoms with van der Waals surface area (Å²) in [6.07, 6.45) is 1.73. The van der Waals surface area contributed by atoms with E-state index >= 15 is 0 Å². The number of benzene rings is 2. The fraction of sp³-hybridized carbons (Fsp3) is 0.278. The van der Waals surface area contributed by atoms with Crippen LogP contribution < -0.4 is 15.8 Å². The van der Waals surface area contributed by atoms with Crippen LogP contribution in [0.25, 0.3) is 0 Å². The average Bonchev–Trinajstić information content (AvgIpc) is 3.05. The highest BCUT2D eigenvalue weighted by molar-refractivity contribution is 5.85. The quantitative estimate of drug-likeness (QED) is 0.884. The van der Waals surface area contributed by atoms with Crippen LogP contribution in [0.5, 0.6) is 5.75 Å². The number of rotatable bonds is 5. The summed E-state index contributed by atoms with van der Waals surface area (Å²) in [7, 11) is 0. The maximum atomic E-state index is 11.2. The molecule has 23 heavy (non-hydrogen) atoms. The van der Waals surface area contributed by atoms with Gasteiger partial charge in [-0.3, -0.25) is 10.1 Å². The zero-order valence-corrected chi connectivity index (χ0v) is 13.6. The molecule has 2 atom stereocenters. The van der Waals surface area contributed by atoms with E-state index < -0.39 is 0 Å². The summed E-state index contributed by atoms with van der Waals surface area (Å²) in [5.74, 6) is 0.572. The van der Waals surface area contributed by atoms with E-state index in [1.165, 1.54) is 0 Å². The topological polar surface area (TPSA) is 64.4 Å². The summed E-state index contributed by atoms with van der Waals surface area (Å²) in [5.41, 5.74) is 7.64. The minimum atomic E-state index is -0.273. The molecule has 1 amide bonds. The SMILES string of the molecule is Cl.NC(=O)[C@@H]1CC[C@H](c2ccc(OCc3ccccc3)cc2)N1. The number of carbonyl (C=O) groups is 1. The Hall–Kier alpha value is -2.04. The summed E-state index contributed by atoms with van der Waals surface area (Å²) < 4.78 is 5.77. The van der Waals surface area contributed by atoms with Crippen LogP contribution in [-0.2, 0) is 11.4 Å². The first kappa shape index (κ1) is 17.3. The summed E-state index contributed by atoms with van der Waals surface area (Å²) in [4.78, 5) is 11.2. The van der Waals surface area contributed by atoms with E-state index in [0.717, 1.165) is 29.7 Å². The van der Waals surface area contributed by atoms with Gasteiger partial charge in [-0.2, -0.15) is 0 Å². The fourth-order valence-corrected chi connectivity index (χ4v) is 2.77. The normalized spacial score (nSPS) is 19.8. The Labute approximate surface area is 142 Å². The lowest BCUT2D eigenvalue weighted by Crippen LogP contribution is -2.37. The number of halogens is 1. The molecule has 1 aliphatic heterocycles. The van der Waals surface area contributed by atoms with E-state index in [1.54, 1.807) is 0 Å². The molecule has 3 N–H and O–H groups in total. The van der Waals surface area contributed by atoms with Crippen molar-refractivity contribution in [2.75, 3.05) is 0 Å². The molecule has 1 heterocycles. The predicted molar refractivity (Wildman–Crippen MR) is 92.6 cm³/mol. The summed E-state index contributed by atoms with van der Waals surface area (Å²) in [5, 5.41) is 3.27. The average molecular weight is 333 g/mol. The number of nitrogens with one attached hydrogen (secondary N) is 1. The number of hydrogen-bond donors (Lipinski definition) is 2. The van der Waals surface area contributed by atoms with Crippen molar-refractivity contribution in [1.29, 1.82) is 0 Å². The first-order chi connectivity index (χ1) is 10.7. The van der Waals surface area contributed by atoms with Gasteiger partial charge in [-0.05, 0) is 36.1 Å². The minimum Gasteiger partial charge on any atom is -0.489 e. The van der Waals surface area contributed by atoms with Crippen molar-refractivity contribution < 1.29 is 9.53 Å². The lowest BCUT2D eigenvalue weighted by Gasteiger charge is -2.13. The van der Waals surface area contributed by atoms with E-state index in [0.29, 0.717) is 6.61 Å². The van der Waals surface area contributed by atoms with Crippen molar-refractivity contribution >= 4 is 18.3 Å². The van der Waals surface area contributed by atoms with Crippen LogP contribution in [0, 0.1) is 0 Å². The number of primary amides is 1. The Bertz CT molecular complexity index is 631. The first-order valence-electron chi connectivity index (χ1n) is 7.54. The third-order valence-electron chi connectivity index (χ3n) is 4.02. The highest BCUT2D eigenvalue weighted by Crippen LogP contribution is 2.27. The number of amides is 1. The largest absolute Gasteiger partial charge is 0.489 e. The van der Waals surface area contributed by atoms with Gasteiger partial charge >= 0.3 is 0 Å². The highest BCUT2D eigenvalue weighted by atomic mass is 35.5. The third-order valence-corrected chi connectivity index (χ3v) is 4.02. The van der Waals surface area contributed by atoms with Crippen molar-refractivity contribution in [2.45, 2.75) is 31.5 Å². The van der Waals surface area contributed by atoms with Gasteiger partial charge < -0.3 is 10.5 Å². The van der Waals surface area contributed by atoms with Gasteiger partial charge in [-0.25, -0.2) is 0 Å². The molecule has 4 nitrogen and oxygen atoms in total. The van der Waals surface area contributed by atoms with Crippen LogP contribution in [0.1, 0.15) is 30.0 Å². The van der Waals surface area contributed by atoms with Gasteiger partial charge in [0.25, 0.3) is 0 Å². The van der Waals surface area contributed by atoms with Crippen LogP contribution in [0.15, 0.2) is 54.6 Å². The second kappa shape index (κ2) is 7.99. The van der Waals surface area contributed by atoms with Crippen LogP contribution in [0.2, 0.25) is 0 Å². The molecule has 0 aromatic heterocycles. The van der Waals surface area contributed by atoms with Gasteiger partial charge in [-0.15, -0.1) is 12.4 Å². The van der Waals surface area contributed by atoms with Gasteiger partial charge in [0.15, 0.2) is 0 Å². The Morgan fingerprint density at radius 2 is 1.78 bits per heavy atom. The fourth-order valence-electron chi connectivity index (χ4n) is 2.77. The van der Waals surface area contributed by atoms with Gasteiger partial charge in [0.05, 0.1) is 6.04 Å². The molecule has 0 unspecified atom stereocenters. The zero-order valence-electron chi connectivity index (χ0n) is 12.8.